The van der Waals surface area contributed by atoms with Gasteiger partial charge in [0.2, 0.25) is 5.95 Å². The van der Waals surface area contributed by atoms with Crippen molar-refractivity contribution in [2.45, 2.75) is 33.0 Å². The van der Waals surface area contributed by atoms with Crippen LogP contribution in [-0.2, 0) is 11.3 Å². The highest BCUT2D eigenvalue weighted by Gasteiger charge is 2.30. The van der Waals surface area contributed by atoms with Crippen LogP contribution in [-0.4, -0.2) is 39.3 Å². The number of nitrogens with two attached hydrogens (primary N) is 1. The number of nitrogens with one attached hydrogen (secondary N) is 1. The van der Waals surface area contributed by atoms with Crippen LogP contribution in [0, 0.1) is 13.8 Å². The number of fused-ring (bicyclic) bond motifs is 1. The van der Waals surface area contributed by atoms with Crippen molar-refractivity contribution in [1.29, 1.82) is 0 Å². The van der Waals surface area contributed by atoms with Crippen molar-refractivity contribution >= 4 is 28.9 Å². The van der Waals surface area contributed by atoms with Crippen LogP contribution >= 0.6 is 0 Å². The molecule has 170 valence electrons. The van der Waals surface area contributed by atoms with E-state index in [9.17, 15) is 22.8 Å². The number of halogens is 3. The molecule has 0 unspecified atom stereocenters. The van der Waals surface area contributed by atoms with Gasteiger partial charge in [-0.25, -0.2) is 4.98 Å². The molecule has 0 fully saturated rings. The van der Waals surface area contributed by atoms with E-state index < -0.39 is 24.6 Å². The van der Waals surface area contributed by atoms with E-state index in [1.165, 1.54) is 6.07 Å². The number of hydrogen-bond acceptors (Lipinski definition) is 5. The number of hydrogen-bond donors (Lipinski definition) is 3. The van der Waals surface area contributed by atoms with E-state index >= 15 is 0 Å². The maximum atomic E-state index is 12.9. The van der Waals surface area contributed by atoms with Crippen molar-refractivity contribution in [2.75, 3.05) is 12.3 Å². The summed E-state index contributed by atoms with van der Waals surface area (Å²) in [5, 5.41) is 11.2. The number of carboxylic acid groups (broad SMARTS) is 1. The second-order valence-corrected chi connectivity index (χ2v) is 7.24. The SMILES string of the molecule is Cc1cc(C(=O)NCCC(=O)O)cc(C)c1Oc1cccc2c1nc(N)n2CC(F)(F)F. The van der Waals surface area contributed by atoms with E-state index in [1.807, 2.05) is 0 Å². The van der Waals surface area contributed by atoms with E-state index in [0.717, 1.165) is 4.57 Å². The van der Waals surface area contributed by atoms with Gasteiger partial charge in [0, 0.05) is 12.1 Å². The Morgan fingerprint density at radius 3 is 2.47 bits per heavy atom. The summed E-state index contributed by atoms with van der Waals surface area (Å²) in [6.45, 7) is 2.15. The molecule has 0 spiro atoms. The molecule has 0 bridgehead atoms. The van der Waals surface area contributed by atoms with E-state index in [2.05, 4.69) is 10.3 Å². The van der Waals surface area contributed by atoms with E-state index in [-0.39, 0.29) is 35.7 Å². The second-order valence-electron chi connectivity index (χ2n) is 7.24. The second kappa shape index (κ2) is 8.77. The fourth-order valence-electron chi connectivity index (χ4n) is 3.30. The lowest BCUT2D eigenvalue weighted by molar-refractivity contribution is -0.139. The Kier molecular flexibility index (Phi) is 6.28. The molecule has 8 nitrogen and oxygen atoms in total. The third-order valence-corrected chi connectivity index (χ3v) is 4.67. The summed E-state index contributed by atoms with van der Waals surface area (Å²) in [6.07, 6.45) is -4.66. The van der Waals surface area contributed by atoms with Gasteiger partial charge < -0.3 is 25.5 Å². The minimum Gasteiger partial charge on any atom is -0.481 e. The molecular formula is C21H21F3N4O4. The number of alkyl halides is 3. The van der Waals surface area contributed by atoms with Crippen LogP contribution in [0.2, 0.25) is 0 Å². The fourth-order valence-corrected chi connectivity index (χ4v) is 3.30. The van der Waals surface area contributed by atoms with Crippen molar-refractivity contribution in [3.05, 3.63) is 47.0 Å². The normalized spacial score (nSPS) is 11.5. The highest BCUT2D eigenvalue weighted by Crippen LogP contribution is 2.35. The van der Waals surface area contributed by atoms with Crippen LogP contribution in [0.5, 0.6) is 11.5 Å². The van der Waals surface area contributed by atoms with Gasteiger partial charge in [0.15, 0.2) is 5.75 Å². The van der Waals surface area contributed by atoms with Crippen LogP contribution in [0.15, 0.2) is 30.3 Å². The lowest BCUT2D eigenvalue weighted by atomic mass is 10.0. The van der Waals surface area contributed by atoms with Gasteiger partial charge in [-0.2, -0.15) is 13.2 Å². The molecule has 0 saturated heterocycles. The summed E-state index contributed by atoms with van der Waals surface area (Å²) in [5.41, 5.74) is 7.61. The van der Waals surface area contributed by atoms with Gasteiger partial charge in [-0.05, 0) is 49.2 Å². The molecule has 0 atom stereocenters. The Balaban J connectivity index is 1.90. The standard InChI is InChI=1S/C21H21F3N4O4/c1-11-8-13(19(31)26-7-6-16(29)30)9-12(2)18(11)32-15-5-3-4-14-17(15)27-20(25)28(14)10-21(22,23)24/h3-5,8-9H,6-7,10H2,1-2H3,(H2,25,27)(H,26,31)(H,29,30). The quantitative estimate of drug-likeness (QED) is 0.504. The lowest BCUT2D eigenvalue weighted by Crippen LogP contribution is -2.26. The average molecular weight is 450 g/mol. The number of para-hydroxylation sites is 1. The zero-order valence-electron chi connectivity index (χ0n) is 17.3. The maximum absolute atomic E-state index is 12.9. The summed E-state index contributed by atoms with van der Waals surface area (Å²) in [4.78, 5) is 26.9. The summed E-state index contributed by atoms with van der Waals surface area (Å²) in [6, 6.07) is 7.74. The van der Waals surface area contributed by atoms with Gasteiger partial charge in [0.1, 0.15) is 17.8 Å². The molecule has 2 aromatic carbocycles. The average Bonchev–Trinajstić information content (AvgIpc) is 2.99. The summed E-state index contributed by atoms with van der Waals surface area (Å²) in [7, 11) is 0. The number of carboxylic acids is 1. The summed E-state index contributed by atoms with van der Waals surface area (Å²) >= 11 is 0. The van der Waals surface area contributed by atoms with Gasteiger partial charge in [0.25, 0.3) is 5.91 Å². The Bertz CT molecular complexity index is 1160. The molecule has 4 N–H and O–H groups in total. The minimum absolute atomic E-state index is 0.00544. The predicted molar refractivity (Wildman–Crippen MR) is 111 cm³/mol. The molecule has 3 rings (SSSR count). The van der Waals surface area contributed by atoms with Gasteiger partial charge >= 0.3 is 12.1 Å². The predicted octanol–water partition coefficient (Wildman–Crippen LogP) is 3.79. The van der Waals surface area contributed by atoms with Crippen molar-refractivity contribution < 1.29 is 32.6 Å². The monoisotopic (exact) mass is 450 g/mol. The molecule has 1 aromatic heterocycles. The number of imidazole rings is 1. The van der Waals surface area contributed by atoms with Crippen LogP contribution in [0.25, 0.3) is 11.0 Å². The molecule has 0 aliphatic rings. The van der Waals surface area contributed by atoms with Crippen molar-refractivity contribution in [1.82, 2.24) is 14.9 Å². The number of benzene rings is 2. The lowest BCUT2D eigenvalue weighted by Gasteiger charge is -2.14. The number of nitrogen functional groups attached to an aromatic ring is 1. The fraction of sp³-hybridized carbons (Fsp3) is 0.286. The molecule has 1 amide bonds. The largest absolute Gasteiger partial charge is 0.481 e. The zero-order chi connectivity index (χ0) is 23.6. The molecule has 0 aliphatic carbocycles. The Morgan fingerprint density at radius 1 is 1.22 bits per heavy atom. The highest BCUT2D eigenvalue weighted by molar-refractivity contribution is 5.95. The number of carbonyl (C=O) groups excluding carboxylic acids is 1. The first-order valence-corrected chi connectivity index (χ1v) is 9.57. The van der Waals surface area contributed by atoms with Crippen molar-refractivity contribution in [3.8, 4) is 11.5 Å². The Morgan fingerprint density at radius 2 is 1.88 bits per heavy atom. The number of aliphatic carboxylic acids is 1. The summed E-state index contributed by atoms with van der Waals surface area (Å²) < 4.78 is 45.6. The van der Waals surface area contributed by atoms with Crippen molar-refractivity contribution in [3.63, 3.8) is 0 Å². The number of aryl methyl sites for hydroxylation is 2. The first kappa shape index (κ1) is 22.9. The molecule has 3 aromatic rings. The number of nitrogens with zero attached hydrogens (tertiary/aromatic N) is 2. The molecular weight excluding hydrogens is 429 g/mol. The number of ether oxygens (including phenoxy) is 1. The molecule has 32 heavy (non-hydrogen) atoms. The topological polar surface area (TPSA) is 119 Å². The Labute approximate surface area is 180 Å². The third kappa shape index (κ3) is 5.10. The molecule has 0 saturated carbocycles. The number of rotatable bonds is 7. The first-order chi connectivity index (χ1) is 15.0. The van der Waals surface area contributed by atoms with Crippen molar-refractivity contribution in [2.24, 2.45) is 0 Å². The van der Waals surface area contributed by atoms with Crippen LogP contribution in [0.3, 0.4) is 0 Å². The Hall–Kier alpha value is -3.76. The third-order valence-electron chi connectivity index (χ3n) is 4.67. The molecule has 0 aliphatic heterocycles. The van der Waals surface area contributed by atoms with Gasteiger partial charge in [0.05, 0.1) is 11.9 Å². The summed E-state index contributed by atoms with van der Waals surface area (Å²) in [5.74, 6) is -1.09. The number of amides is 1. The van der Waals surface area contributed by atoms with E-state index in [4.69, 9.17) is 15.6 Å². The van der Waals surface area contributed by atoms with Gasteiger partial charge in [-0.15, -0.1) is 0 Å². The molecule has 1 heterocycles. The van der Waals surface area contributed by atoms with E-state index in [1.54, 1.807) is 38.1 Å². The number of anilines is 1. The van der Waals surface area contributed by atoms with Crippen LogP contribution in [0.1, 0.15) is 27.9 Å². The van der Waals surface area contributed by atoms with Crippen LogP contribution < -0.4 is 15.8 Å². The van der Waals surface area contributed by atoms with E-state index in [0.29, 0.717) is 22.4 Å². The maximum Gasteiger partial charge on any atom is 0.406 e. The molecule has 0 radical (unpaired) electrons. The zero-order valence-corrected chi connectivity index (χ0v) is 17.3. The smallest absolute Gasteiger partial charge is 0.406 e. The highest BCUT2D eigenvalue weighted by atomic mass is 19.4. The minimum atomic E-state index is -4.47. The number of carbonyl (C=O) groups is 2. The van der Waals surface area contributed by atoms with Gasteiger partial charge in [-0.3, -0.25) is 9.59 Å². The van der Waals surface area contributed by atoms with Crippen LogP contribution in [0.4, 0.5) is 19.1 Å². The number of aromatic nitrogens is 2. The first-order valence-electron chi connectivity index (χ1n) is 9.57. The van der Waals surface area contributed by atoms with Gasteiger partial charge in [-0.1, -0.05) is 6.07 Å². The molecule has 11 heteroatoms.